The molecule has 9 heteroatoms. The van der Waals surface area contributed by atoms with Crippen LogP contribution in [-0.2, 0) is 17.8 Å². The molecule has 2 atom stereocenters. The molecule has 9 nitrogen and oxygen atoms in total. The molecule has 4 rings (SSSR count). The van der Waals surface area contributed by atoms with Gasteiger partial charge in [-0.15, -0.1) is 5.10 Å². The maximum atomic E-state index is 11.7. The molecule has 0 radical (unpaired) electrons. The van der Waals surface area contributed by atoms with Crippen LogP contribution in [0.25, 0.3) is 22.5 Å². The van der Waals surface area contributed by atoms with Crippen molar-refractivity contribution in [1.82, 2.24) is 35.4 Å². The van der Waals surface area contributed by atoms with E-state index in [2.05, 4.69) is 68.8 Å². The number of nitrogens with one attached hydrogen (secondary N) is 1. The van der Waals surface area contributed by atoms with E-state index in [0.29, 0.717) is 43.4 Å². The molecule has 0 amide bonds. The Balaban J connectivity index is 1.36. The summed E-state index contributed by atoms with van der Waals surface area (Å²) in [6, 6.07) is 16.3. The Labute approximate surface area is 211 Å². The summed E-state index contributed by atoms with van der Waals surface area (Å²) in [5.41, 5.74) is 4.15. The van der Waals surface area contributed by atoms with Crippen LogP contribution in [0, 0.1) is 11.8 Å². The van der Waals surface area contributed by atoms with Gasteiger partial charge in [-0.1, -0.05) is 81.6 Å². The van der Waals surface area contributed by atoms with Crippen LogP contribution in [0.4, 0.5) is 0 Å². The van der Waals surface area contributed by atoms with E-state index in [-0.39, 0.29) is 5.92 Å². The molecule has 2 N–H and O–H groups in total. The van der Waals surface area contributed by atoms with E-state index in [4.69, 9.17) is 0 Å². The second-order valence-electron chi connectivity index (χ2n) is 9.41. The fourth-order valence-electron chi connectivity index (χ4n) is 4.52. The Hall–Kier alpha value is -3.88. The molecule has 0 saturated carbocycles. The third-order valence-electron chi connectivity index (χ3n) is 6.52. The van der Waals surface area contributed by atoms with Gasteiger partial charge in [-0.3, -0.25) is 4.79 Å². The molecule has 2 heterocycles. The summed E-state index contributed by atoms with van der Waals surface area (Å²) in [7, 11) is 0. The smallest absolute Gasteiger partial charge is 0.306 e. The summed E-state index contributed by atoms with van der Waals surface area (Å²) in [6.45, 7) is 4.90. The molecule has 0 spiro atoms. The van der Waals surface area contributed by atoms with E-state index in [9.17, 15) is 9.90 Å². The van der Waals surface area contributed by atoms with Gasteiger partial charge in [0.2, 0.25) is 0 Å². The number of tetrazole rings is 1. The van der Waals surface area contributed by atoms with Crippen LogP contribution in [0.15, 0.2) is 54.9 Å². The van der Waals surface area contributed by atoms with Gasteiger partial charge >= 0.3 is 5.97 Å². The molecule has 0 fully saturated rings. The number of carbonyl (C=O) groups is 1. The average molecular weight is 488 g/mol. The maximum Gasteiger partial charge on any atom is 0.306 e. The minimum Gasteiger partial charge on any atom is -0.481 e. The number of carboxylic acid groups (broad SMARTS) is 1. The first-order valence-electron chi connectivity index (χ1n) is 12.6. The van der Waals surface area contributed by atoms with Crippen LogP contribution in [-0.4, -0.2) is 46.5 Å². The number of nitrogens with zero attached hydrogens (tertiary/aromatic N) is 6. The van der Waals surface area contributed by atoms with Gasteiger partial charge in [-0.2, -0.15) is 5.10 Å². The number of benzene rings is 2. The predicted octanol–water partition coefficient (Wildman–Crippen LogP) is 5.02. The van der Waals surface area contributed by atoms with Crippen molar-refractivity contribution in [2.24, 2.45) is 11.8 Å². The van der Waals surface area contributed by atoms with Crippen LogP contribution in [0.5, 0.6) is 0 Å². The van der Waals surface area contributed by atoms with E-state index in [1.165, 1.54) is 0 Å². The lowest BCUT2D eigenvalue weighted by atomic mass is 9.89. The number of rotatable bonds is 13. The molecular formula is C27H33N7O2. The molecule has 0 aliphatic rings. The third kappa shape index (κ3) is 6.62. The number of unbranched alkanes of at least 4 members (excludes halogenated alkanes) is 1. The number of aromatic amines is 1. The summed E-state index contributed by atoms with van der Waals surface area (Å²) in [5.74, 6) is 0.656. The van der Waals surface area contributed by atoms with Crippen molar-refractivity contribution >= 4 is 5.97 Å². The van der Waals surface area contributed by atoms with Crippen molar-refractivity contribution in [2.45, 2.75) is 58.9 Å². The number of aryl methyl sites for hydroxylation is 1. The molecule has 2 aromatic carbocycles. The quantitative estimate of drug-likeness (QED) is 0.271. The first kappa shape index (κ1) is 25.2. The molecule has 4 aromatic rings. The second kappa shape index (κ2) is 12.2. The van der Waals surface area contributed by atoms with E-state index in [1.54, 1.807) is 11.0 Å². The average Bonchev–Trinajstić information content (AvgIpc) is 3.58. The second-order valence-corrected chi connectivity index (χ2v) is 9.41. The van der Waals surface area contributed by atoms with Gasteiger partial charge in [-0.05, 0) is 45.9 Å². The van der Waals surface area contributed by atoms with Gasteiger partial charge in [-0.25, -0.2) is 14.8 Å². The maximum absolute atomic E-state index is 11.7. The molecule has 0 bridgehead atoms. The minimum absolute atomic E-state index is 0.355. The van der Waals surface area contributed by atoms with Gasteiger partial charge in [0.25, 0.3) is 0 Å². The summed E-state index contributed by atoms with van der Waals surface area (Å²) in [5, 5.41) is 28.5. The molecular weight excluding hydrogens is 454 g/mol. The molecule has 0 aliphatic heterocycles. The van der Waals surface area contributed by atoms with Gasteiger partial charge in [0.15, 0.2) is 11.6 Å². The first-order chi connectivity index (χ1) is 17.5. The largest absolute Gasteiger partial charge is 0.481 e. The minimum atomic E-state index is -0.723. The first-order valence-corrected chi connectivity index (χ1v) is 12.6. The van der Waals surface area contributed by atoms with Crippen LogP contribution in [0.2, 0.25) is 0 Å². The van der Waals surface area contributed by atoms with Crippen molar-refractivity contribution in [3.63, 3.8) is 0 Å². The van der Waals surface area contributed by atoms with Crippen molar-refractivity contribution < 1.29 is 9.90 Å². The zero-order valence-corrected chi connectivity index (χ0v) is 20.8. The molecule has 2 unspecified atom stereocenters. The SMILES string of the molecule is CCCCC(C)CC(CCc1ncn(Cc2ccc(-c3ccccc3-c3nnn[nH]3)cc2)n1)C(=O)O. The molecule has 0 aliphatic carbocycles. The van der Waals surface area contributed by atoms with E-state index >= 15 is 0 Å². The fraction of sp³-hybridized carbons (Fsp3) is 0.407. The lowest BCUT2D eigenvalue weighted by Gasteiger charge is -2.16. The molecule has 36 heavy (non-hydrogen) atoms. The zero-order valence-electron chi connectivity index (χ0n) is 20.8. The fourth-order valence-corrected chi connectivity index (χ4v) is 4.52. The van der Waals surface area contributed by atoms with E-state index < -0.39 is 5.97 Å². The number of hydrogen-bond donors (Lipinski definition) is 2. The topological polar surface area (TPSA) is 122 Å². The summed E-state index contributed by atoms with van der Waals surface area (Å²) < 4.78 is 1.80. The van der Waals surface area contributed by atoms with Crippen molar-refractivity contribution in [3.8, 4) is 22.5 Å². The highest BCUT2D eigenvalue weighted by Crippen LogP contribution is 2.29. The highest BCUT2D eigenvalue weighted by Gasteiger charge is 2.21. The zero-order chi connectivity index (χ0) is 25.3. The van der Waals surface area contributed by atoms with Crippen LogP contribution < -0.4 is 0 Å². The van der Waals surface area contributed by atoms with Crippen LogP contribution >= 0.6 is 0 Å². The van der Waals surface area contributed by atoms with Crippen molar-refractivity contribution in [3.05, 3.63) is 66.2 Å². The molecule has 2 aromatic heterocycles. The monoisotopic (exact) mass is 487 g/mol. The van der Waals surface area contributed by atoms with Crippen LogP contribution in [0.1, 0.15) is 57.3 Å². The number of hydrogen-bond acceptors (Lipinski definition) is 6. The predicted molar refractivity (Wildman–Crippen MR) is 137 cm³/mol. The van der Waals surface area contributed by atoms with Gasteiger partial charge in [0.1, 0.15) is 6.33 Å². The van der Waals surface area contributed by atoms with E-state index in [1.807, 2.05) is 24.3 Å². The van der Waals surface area contributed by atoms with Gasteiger partial charge in [0.05, 0.1) is 12.5 Å². The number of aliphatic carboxylic acids is 1. The lowest BCUT2D eigenvalue weighted by molar-refractivity contribution is -0.142. The Kier molecular flexibility index (Phi) is 8.54. The normalized spacial score (nSPS) is 12.9. The number of carboxylic acids is 1. The highest BCUT2D eigenvalue weighted by molar-refractivity contribution is 5.80. The summed E-state index contributed by atoms with van der Waals surface area (Å²) >= 11 is 0. The van der Waals surface area contributed by atoms with Gasteiger partial charge < -0.3 is 5.11 Å². The lowest BCUT2D eigenvalue weighted by Crippen LogP contribution is -2.18. The standard InChI is InChI=1S/C27H33N7O2/c1-3-4-7-19(2)16-22(27(35)36)14-15-25-28-18-34(31-25)17-20-10-12-21(13-11-20)23-8-5-6-9-24(23)26-29-32-33-30-26/h5-6,8-13,18-19,22H,3-4,7,14-17H2,1-2H3,(H,35,36)(H,29,30,32,33). The Morgan fingerprint density at radius 1 is 1.08 bits per heavy atom. The van der Waals surface area contributed by atoms with Crippen molar-refractivity contribution in [2.75, 3.05) is 0 Å². The third-order valence-corrected chi connectivity index (χ3v) is 6.52. The molecule has 188 valence electrons. The number of H-pyrrole nitrogens is 1. The summed E-state index contributed by atoms with van der Waals surface area (Å²) in [6.07, 6.45) is 6.91. The number of aromatic nitrogens is 7. The Morgan fingerprint density at radius 2 is 1.86 bits per heavy atom. The van der Waals surface area contributed by atoms with E-state index in [0.717, 1.165) is 41.5 Å². The van der Waals surface area contributed by atoms with Crippen LogP contribution in [0.3, 0.4) is 0 Å². The Morgan fingerprint density at radius 3 is 2.56 bits per heavy atom. The van der Waals surface area contributed by atoms with Gasteiger partial charge in [0, 0.05) is 12.0 Å². The van der Waals surface area contributed by atoms with Crippen molar-refractivity contribution in [1.29, 1.82) is 0 Å². The highest BCUT2D eigenvalue weighted by atomic mass is 16.4. The molecule has 0 saturated heterocycles. The summed E-state index contributed by atoms with van der Waals surface area (Å²) in [4.78, 5) is 16.2. The Bertz CT molecular complexity index is 1240.